The molecule has 1 atom stereocenters. The van der Waals surface area contributed by atoms with Crippen LogP contribution in [0.2, 0.25) is 0 Å². The van der Waals surface area contributed by atoms with Gasteiger partial charge in [0.2, 0.25) is 5.95 Å². The van der Waals surface area contributed by atoms with E-state index in [0.717, 1.165) is 26.2 Å². The van der Waals surface area contributed by atoms with Crippen LogP contribution in [0.15, 0.2) is 6.07 Å². The zero-order valence-electron chi connectivity index (χ0n) is 10.9. The third-order valence-corrected chi connectivity index (χ3v) is 3.26. The second kappa shape index (κ2) is 5.36. The Morgan fingerprint density at radius 1 is 1.33 bits per heavy atom. The summed E-state index contributed by atoms with van der Waals surface area (Å²) in [6, 6.07) is 2.16. The van der Waals surface area contributed by atoms with Gasteiger partial charge in [-0.2, -0.15) is 9.97 Å². The lowest BCUT2D eigenvalue weighted by Gasteiger charge is -2.37. The van der Waals surface area contributed by atoms with Crippen molar-refractivity contribution in [1.29, 1.82) is 0 Å². The average Bonchev–Trinajstić information content (AvgIpc) is 2.29. The normalized spacial score (nSPS) is 22.0. The van der Waals surface area contributed by atoms with Gasteiger partial charge in [0.15, 0.2) is 0 Å². The highest BCUT2D eigenvalue weighted by Crippen LogP contribution is 2.11. The standard InChI is InChI=1S/C11H21N7/c1-17-3-4-18(2)8(7-17)6-14-10-5-9(12)15-11(13)16-10/h5,8H,3-4,6-7H2,1-2H3,(H5,12,13,14,15,16). The minimum absolute atomic E-state index is 0.201. The van der Waals surface area contributed by atoms with E-state index in [4.69, 9.17) is 11.5 Å². The lowest BCUT2D eigenvalue weighted by Crippen LogP contribution is -2.52. The molecular weight excluding hydrogens is 230 g/mol. The van der Waals surface area contributed by atoms with Gasteiger partial charge in [-0.25, -0.2) is 0 Å². The van der Waals surface area contributed by atoms with Crippen molar-refractivity contribution in [2.75, 3.05) is 57.1 Å². The van der Waals surface area contributed by atoms with Crippen LogP contribution >= 0.6 is 0 Å². The van der Waals surface area contributed by atoms with Crippen LogP contribution in [0, 0.1) is 0 Å². The number of piperazine rings is 1. The first-order valence-corrected chi connectivity index (χ1v) is 6.07. The van der Waals surface area contributed by atoms with Crippen LogP contribution in [-0.2, 0) is 0 Å². The molecule has 5 N–H and O–H groups in total. The number of rotatable bonds is 3. The fraction of sp³-hybridized carbons (Fsp3) is 0.636. The SMILES string of the molecule is CN1CCN(C)C(CNc2cc(N)nc(N)n2)C1. The molecule has 100 valence electrons. The summed E-state index contributed by atoms with van der Waals surface area (Å²) >= 11 is 0. The smallest absolute Gasteiger partial charge is 0.223 e. The number of aromatic nitrogens is 2. The second-order valence-corrected chi connectivity index (χ2v) is 4.81. The minimum Gasteiger partial charge on any atom is -0.383 e. The van der Waals surface area contributed by atoms with E-state index in [1.807, 2.05) is 0 Å². The van der Waals surface area contributed by atoms with Crippen LogP contribution in [0.3, 0.4) is 0 Å². The van der Waals surface area contributed by atoms with E-state index in [0.29, 0.717) is 17.7 Å². The first kappa shape index (κ1) is 12.8. The summed E-state index contributed by atoms with van der Waals surface area (Å²) in [6.45, 7) is 4.05. The van der Waals surface area contributed by atoms with E-state index in [-0.39, 0.29) is 5.95 Å². The molecule has 1 aliphatic rings. The highest BCUT2D eigenvalue weighted by atomic mass is 15.3. The highest BCUT2D eigenvalue weighted by molar-refractivity contribution is 5.48. The molecule has 1 aliphatic heterocycles. The van der Waals surface area contributed by atoms with Crippen molar-refractivity contribution >= 4 is 17.6 Å². The summed E-state index contributed by atoms with van der Waals surface area (Å²) in [7, 11) is 4.28. The fourth-order valence-electron chi connectivity index (χ4n) is 2.12. The number of anilines is 3. The monoisotopic (exact) mass is 251 g/mol. The lowest BCUT2D eigenvalue weighted by molar-refractivity contribution is 0.122. The van der Waals surface area contributed by atoms with Gasteiger partial charge in [0.1, 0.15) is 11.6 Å². The first-order valence-electron chi connectivity index (χ1n) is 6.07. The fourth-order valence-corrected chi connectivity index (χ4v) is 2.12. The van der Waals surface area contributed by atoms with E-state index in [1.165, 1.54) is 0 Å². The van der Waals surface area contributed by atoms with Crippen molar-refractivity contribution < 1.29 is 0 Å². The van der Waals surface area contributed by atoms with Crippen molar-refractivity contribution in [1.82, 2.24) is 19.8 Å². The van der Waals surface area contributed by atoms with E-state index < -0.39 is 0 Å². The number of likely N-dealkylation sites (N-methyl/N-ethyl adjacent to an activating group) is 2. The van der Waals surface area contributed by atoms with Gasteiger partial charge < -0.3 is 21.7 Å². The molecule has 1 saturated heterocycles. The Hall–Kier alpha value is -1.60. The summed E-state index contributed by atoms with van der Waals surface area (Å²) < 4.78 is 0. The van der Waals surface area contributed by atoms with Crippen LogP contribution < -0.4 is 16.8 Å². The maximum atomic E-state index is 5.63. The molecule has 0 radical (unpaired) electrons. The lowest BCUT2D eigenvalue weighted by atomic mass is 10.2. The molecule has 1 unspecified atom stereocenters. The van der Waals surface area contributed by atoms with Crippen LogP contribution in [0.5, 0.6) is 0 Å². The Morgan fingerprint density at radius 2 is 2.11 bits per heavy atom. The number of hydrogen-bond donors (Lipinski definition) is 3. The predicted octanol–water partition coefficient (Wildman–Crippen LogP) is -0.701. The van der Waals surface area contributed by atoms with Crippen LogP contribution in [0.4, 0.5) is 17.6 Å². The molecule has 0 aromatic carbocycles. The van der Waals surface area contributed by atoms with Gasteiger partial charge in [0.05, 0.1) is 0 Å². The quantitative estimate of drug-likeness (QED) is 0.653. The number of nitrogens with one attached hydrogen (secondary N) is 1. The zero-order chi connectivity index (χ0) is 13.1. The number of hydrogen-bond acceptors (Lipinski definition) is 7. The van der Waals surface area contributed by atoms with Gasteiger partial charge in [0, 0.05) is 38.3 Å². The molecule has 0 amide bonds. The Morgan fingerprint density at radius 3 is 2.83 bits per heavy atom. The summed E-state index contributed by atoms with van der Waals surface area (Å²) in [5.41, 5.74) is 11.2. The Kier molecular flexibility index (Phi) is 3.83. The molecule has 1 fully saturated rings. The predicted molar refractivity (Wildman–Crippen MR) is 73.3 cm³/mol. The zero-order valence-corrected chi connectivity index (χ0v) is 10.9. The molecule has 0 saturated carbocycles. The molecule has 18 heavy (non-hydrogen) atoms. The van der Waals surface area contributed by atoms with Crippen LogP contribution in [0.25, 0.3) is 0 Å². The molecule has 1 aromatic heterocycles. The Labute approximate surface area is 107 Å². The maximum Gasteiger partial charge on any atom is 0.223 e. The molecule has 2 rings (SSSR count). The summed E-state index contributed by atoms with van der Waals surface area (Å²) in [4.78, 5) is 12.6. The van der Waals surface area contributed by atoms with Crippen molar-refractivity contribution in [3.8, 4) is 0 Å². The molecule has 2 heterocycles. The van der Waals surface area contributed by atoms with Crippen LogP contribution in [-0.4, -0.2) is 66.1 Å². The third kappa shape index (κ3) is 3.21. The molecular formula is C11H21N7. The second-order valence-electron chi connectivity index (χ2n) is 4.81. The maximum absolute atomic E-state index is 5.63. The van der Waals surface area contributed by atoms with Gasteiger partial charge >= 0.3 is 0 Å². The van der Waals surface area contributed by atoms with E-state index in [2.05, 4.69) is 39.2 Å². The van der Waals surface area contributed by atoms with Crippen molar-refractivity contribution in [3.05, 3.63) is 6.07 Å². The van der Waals surface area contributed by atoms with E-state index in [1.54, 1.807) is 6.07 Å². The number of nitrogens with zero attached hydrogens (tertiary/aromatic N) is 4. The van der Waals surface area contributed by atoms with E-state index in [9.17, 15) is 0 Å². The van der Waals surface area contributed by atoms with Gasteiger partial charge in [0.25, 0.3) is 0 Å². The summed E-state index contributed by atoms with van der Waals surface area (Å²) in [5.74, 6) is 1.27. The van der Waals surface area contributed by atoms with Gasteiger partial charge in [-0.05, 0) is 14.1 Å². The molecule has 0 spiro atoms. The van der Waals surface area contributed by atoms with Crippen molar-refractivity contribution in [2.45, 2.75) is 6.04 Å². The minimum atomic E-state index is 0.201. The molecule has 7 nitrogen and oxygen atoms in total. The average molecular weight is 251 g/mol. The Bertz CT molecular complexity index is 388. The topological polar surface area (TPSA) is 96.3 Å². The van der Waals surface area contributed by atoms with Crippen LogP contribution in [0.1, 0.15) is 0 Å². The Balaban J connectivity index is 1.94. The summed E-state index contributed by atoms with van der Waals surface area (Å²) in [5, 5.41) is 3.27. The third-order valence-electron chi connectivity index (χ3n) is 3.26. The molecule has 0 bridgehead atoms. The first-order chi connectivity index (χ1) is 8.54. The highest BCUT2D eigenvalue weighted by Gasteiger charge is 2.21. The number of nitrogens with two attached hydrogens (primary N) is 2. The van der Waals surface area contributed by atoms with Crippen molar-refractivity contribution in [3.63, 3.8) is 0 Å². The number of nitrogen functional groups attached to an aromatic ring is 2. The van der Waals surface area contributed by atoms with Gasteiger partial charge in [-0.1, -0.05) is 0 Å². The van der Waals surface area contributed by atoms with E-state index >= 15 is 0 Å². The van der Waals surface area contributed by atoms with Gasteiger partial charge in [-0.3, -0.25) is 4.90 Å². The molecule has 1 aromatic rings. The van der Waals surface area contributed by atoms with Crippen molar-refractivity contribution in [2.24, 2.45) is 0 Å². The summed E-state index contributed by atoms with van der Waals surface area (Å²) in [6.07, 6.45) is 0. The largest absolute Gasteiger partial charge is 0.383 e. The molecule has 7 heteroatoms. The molecule has 0 aliphatic carbocycles. The van der Waals surface area contributed by atoms with Gasteiger partial charge in [-0.15, -0.1) is 0 Å².